The van der Waals surface area contributed by atoms with Gasteiger partial charge in [-0.05, 0) is 25.1 Å². The number of hydrogen-bond acceptors (Lipinski definition) is 7. The molecule has 0 spiro atoms. The first-order valence-electron chi connectivity index (χ1n) is 5.55. The number of aryl methyl sites for hydroxylation is 1. The lowest BCUT2D eigenvalue weighted by Gasteiger charge is -2.08. The van der Waals surface area contributed by atoms with Crippen molar-refractivity contribution in [3.05, 3.63) is 44.1 Å². The van der Waals surface area contributed by atoms with Crippen molar-refractivity contribution in [2.75, 3.05) is 5.43 Å². The zero-order valence-corrected chi connectivity index (χ0v) is 13.0. The van der Waals surface area contributed by atoms with E-state index in [1.54, 1.807) is 18.2 Å². The number of nitrogens with two attached hydrogens (primary N) is 1. The van der Waals surface area contributed by atoms with Crippen LogP contribution < -0.4 is 11.3 Å². The van der Waals surface area contributed by atoms with Crippen LogP contribution in [0.25, 0.3) is 0 Å². The fraction of sp³-hybridized carbons (Fsp3) is 0.0909. The Balaban J connectivity index is 2.54. The van der Waals surface area contributed by atoms with Crippen molar-refractivity contribution in [3.63, 3.8) is 0 Å². The summed E-state index contributed by atoms with van der Waals surface area (Å²) >= 11 is 13.0. The number of rotatable bonds is 4. The lowest BCUT2D eigenvalue weighted by Crippen LogP contribution is -2.12. The van der Waals surface area contributed by atoms with Crippen molar-refractivity contribution in [1.82, 2.24) is 9.97 Å². The van der Waals surface area contributed by atoms with Gasteiger partial charge in [0.1, 0.15) is 5.69 Å². The first kappa shape index (κ1) is 15.8. The summed E-state index contributed by atoms with van der Waals surface area (Å²) in [6.45, 7) is 1.50. The zero-order valence-electron chi connectivity index (χ0n) is 10.6. The number of aromatic nitrogens is 2. The topological polar surface area (TPSA) is 107 Å². The van der Waals surface area contributed by atoms with Crippen LogP contribution >= 0.6 is 35.0 Å². The molecule has 0 aliphatic heterocycles. The first-order valence-corrected chi connectivity index (χ1v) is 7.12. The van der Waals surface area contributed by atoms with E-state index in [2.05, 4.69) is 15.4 Å². The third-order valence-electron chi connectivity index (χ3n) is 2.44. The average molecular weight is 346 g/mol. The molecule has 1 aromatic heterocycles. The number of hydrazine groups is 1. The van der Waals surface area contributed by atoms with Gasteiger partial charge in [-0.1, -0.05) is 35.0 Å². The van der Waals surface area contributed by atoms with E-state index < -0.39 is 4.92 Å². The van der Waals surface area contributed by atoms with Crippen molar-refractivity contribution in [1.29, 1.82) is 0 Å². The number of nitro groups is 1. The van der Waals surface area contributed by atoms with Gasteiger partial charge >= 0.3 is 5.69 Å². The SMILES string of the molecule is Cc1nc(NN)nc(Sc2cc(Cl)ccc2Cl)c1[N+](=O)[O-]. The smallest absolute Gasteiger partial charge is 0.292 e. The number of nitrogens with zero attached hydrogens (tertiary/aromatic N) is 3. The van der Waals surface area contributed by atoms with Crippen LogP contribution in [0.15, 0.2) is 28.1 Å². The van der Waals surface area contributed by atoms with Gasteiger partial charge in [0.25, 0.3) is 0 Å². The summed E-state index contributed by atoms with van der Waals surface area (Å²) in [7, 11) is 0. The van der Waals surface area contributed by atoms with Crippen molar-refractivity contribution in [3.8, 4) is 0 Å². The standard InChI is InChI=1S/C11H9Cl2N5O2S/c1-5-9(18(19)20)10(16-11(15-5)17-14)21-8-4-6(12)2-3-7(8)13/h2-4H,14H2,1H3,(H,15,16,17). The Hall–Kier alpha value is -1.61. The lowest BCUT2D eigenvalue weighted by atomic mass is 10.4. The number of nitrogen functional groups attached to an aromatic ring is 1. The predicted molar refractivity (Wildman–Crippen MR) is 81.8 cm³/mol. The summed E-state index contributed by atoms with van der Waals surface area (Å²) in [5, 5.41) is 12.2. The maximum atomic E-state index is 11.2. The van der Waals surface area contributed by atoms with Gasteiger partial charge in [-0.25, -0.2) is 10.8 Å². The average Bonchev–Trinajstić information content (AvgIpc) is 2.41. The van der Waals surface area contributed by atoms with Crippen LogP contribution in [-0.2, 0) is 0 Å². The van der Waals surface area contributed by atoms with E-state index in [0.29, 0.717) is 14.9 Å². The van der Waals surface area contributed by atoms with E-state index in [4.69, 9.17) is 29.0 Å². The normalized spacial score (nSPS) is 10.5. The highest BCUT2D eigenvalue weighted by atomic mass is 35.5. The van der Waals surface area contributed by atoms with Gasteiger partial charge in [-0.3, -0.25) is 15.5 Å². The van der Waals surface area contributed by atoms with E-state index in [9.17, 15) is 10.1 Å². The Labute approximate surface area is 134 Å². The maximum Gasteiger partial charge on any atom is 0.322 e. The number of anilines is 1. The predicted octanol–water partition coefficient (Wildman–Crippen LogP) is 3.44. The van der Waals surface area contributed by atoms with Crippen molar-refractivity contribution in [2.24, 2.45) is 5.84 Å². The highest BCUT2D eigenvalue weighted by Gasteiger charge is 2.23. The number of hydrogen-bond donors (Lipinski definition) is 2. The Morgan fingerprint density at radius 1 is 1.38 bits per heavy atom. The van der Waals surface area contributed by atoms with E-state index in [-0.39, 0.29) is 22.4 Å². The van der Waals surface area contributed by atoms with Crippen LogP contribution in [0.2, 0.25) is 10.0 Å². The van der Waals surface area contributed by atoms with Crippen LogP contribution in [0.3, 0.4) is 0 Å². The molecule has 0 aliphatic rings. The molecule has 10 heteroatoms. The minimum absolute atomic E-state index is 0.0822. The van der Waals surface area contributed by atoms with E-state index >= 15 is 0 Å². The monoisotopic (exact) mass is 345 g/mol. The highest BCUT2D eigenvalue weighted by Crippen LogP contribution is 2.39. The van der Waals surface area contributed by atoms with Gasteiger partial charge in [-0.2, -0.15) is 4.98 Å². The second-order valence-corrected chi connectivity index (χ2v) is 5.74. The van der Waals surface area contributed by atoms with E-state index in [0.717, 1.165) is 11.8 Å². The number of nitrogens with one attached hydrogen (secondary N) is 1. The summed E-state index contributed by atoms with van der Waals surface area (Å²) in [5.74, 6) is 5.34. The van der Waals surface area contributed by atoms with Gasteiger partial charge in [0.05, 0.1) is 9.95 Å². The molecule has 3 N–H and O–H groups in total. The second-order valence-electron chi connectivity index (χ2n) is 3.86. The molecule has 0 bridgehead atoms. The minimum Gasteiger partial charge on any atom is -0.292 e. The van der Waals surface area contributed by atoms with Gasteiger partial charge in [-0.15, -0.1) is 0 Å². The molecule has 21 heavy (non-hydrogen) atoms. The molecule has 2 aromatic rings. The molecule has 7 nitrogen and oxygen atoms in total. The third kappa shape index (κ3) is 3.53. The largest absolute Gasteiger partial charge is 0.322 e. The van der Waals surface area contributed by atoms with Crippen molar-refractivity contribution < 1.29 is 4.92 Å². The molecule has 0 saturated carbocycles. The van der Waals surface area contributed by atoms with Crippen molar-refractivity contribution in [2.45, 2.75) is 16.8 Å². The summed E-state index contributed by atoms with van der Waals surface area (Å²) in [4.78, 5) is 19.1. The van der Waals surface area contributed by atoms with Gasteiger partial charge in [0.15, 0.2) is 5.03 Å². The third-order valence-corrected chi connectivity index (χ3v) is 4.15. The lowest BCUT2D eigenvalue weighted by molar-refractivity contribution is -0.389. The summed E-state index contributed by atoms with van der Waals surface area (Å²) in [5.41, 5.74) is 2.27. The molecular weight excluding hydrogens is 337 g/mol. The second kappa shape index (κ2) is 6.44. The molecule has 2 rings (SSSR count). The fourth-order valence-electron chi connectivity index (χ4n) is 1.55. The molecule has 0 aliphatic carbocycles. The van der Waals surface area contributed by atoms with Crippen molar-refractivity contribution >= 4 is 46.6 Å². The summed E-state index contributed by atoms with van der Waals surface area (Å²) < 4.78 is 0. The Bertz CT molecular complexity index is 713. The van der Waals surface area contributed by atoms with Crippen LogP contribution in [0, 0.1) is 17.0 Å². The molecule has 0 amide bonds. The van der Waals surface area contributed by atoms with E-state index in [1.807, 2.05) is 0 Å². The van der Waals surface area contributed by atoms with Gasteiger partial charge in [0.2, 0.25) is 5.95 Å². The molecule has 0 radical (unpaired) electrons. The fourth-order valence-corrected chi connectivity index (χ4v) is 3.03. The molecule has 0 atom stereocenters. The Morgan fingerprint density at radius 3 is 2.71 bits per heavy atom. The zero-order chi connectivity index (χ0) is 15.6. The maximum absolute atomic E-state index is 11.2. The van der Waals surface area contributed by atoms with Crippen LogP contribution in [0.5, 0.6) is 0 Å². The molecule has 0 saturated heterocycles. The number of benzene rings is 1. The van der Waals surface area contributed by atoms with Crippen LogP contribution in [0.1, 0.15) is 5.69 Å². The van der Waals surface area contributed by atoms with Crippen LogP contribution in [-0.4, -0.2) is 14.9 Å². The minimum atomic E-state index is -0.545. The summed E-state index contributed by atoms with van der Waals surface area (Å²) in [6.07, 6.45) is 0. The Kier molecular flexibility index (Phi) is 4.84. The first-order chi connectivity index (χ1) is 9.92. The highest BCUT2D eigenvalue weighted by molar-refractivity contribution is 7.99. The molecule has 1 heterocycles. The number of halogens is 2. The Morgan fingerprint density at radius 2 is 2.10 bits per heavy atom. The molecule has 110 valence electrons. The van der Waals surface area contributed by atoms with Gasteiger partial charge in [0, 0.05) is 9.92 Å². The quantitative estimate of drug-likeness (QED) is 0.378. The molecule has 0 unspecified atom stereocenters. The van der Waals surface area contributed by atoms with E-state index in [1.165, 1.54) is 6.92 Å². The molecular formula is C11H9Cl2N5O2S. The molecule has 1 aromatic carbocycles. The molecule has 0 fully saturated rings. The summed E-state index contributed by atoms with van der Waals surface area (Å²) in [6, 6.07) is 4.83. The van der Waals surface area contributed by atoms with Crippen LogP contribution in [0.4, 0.5) is 11.6 Å². The van der Waals surface area contributed by atoms with Gasteiger partial charge < -0.3 is 0 Å².